The van der Waals surface area contributed by atoms with Gasteiger partial charge in [-0.25, -0.2) is 18.2 Å². The van der Waals surface area contributed by atoms with Gasteiger partial charge in [0, 0.05) is 0 Å². The quantitative estimate of drug-likeness (QED) is 0.846. The van der Waals surface area contributed by atoms with Crippen molar-refractivity contribution in [3.63, 3.8) is 0 Å². The van der Waals surface area contributed by atoms with Crippen LogP contribution in [0.25, 0.3) is 0 Å². The standard InChI is InChI=1S/C14H16N2O4S2/c1-9(2)20-13(17)12-10(3)15-14(21-12)16-22(18,19)11-7-5-4-6-8-11/h4-9H,1-3H3,(H,15,16). The molecule has 0 atom stereocenters. The topological polar surface area (TPSA) is 85.4 Å². The van der Waals surface area contributed by atoms with Gasteiger partial charge in [0.2, 0.25) is 0 Å². The molecule has 1 aromatic heterocycles. The zero-order chi connectivity index (χ0) is 16.3. The van der Waals surface area contributed by atoms with Crippen LogP contribution in [0, 0.1) is 6.92 Å². The van der Waals surface area contributed by atoms with Gasteiger partial charge in [0.15, 0.2) is 5.13 Å². The molecule has 0 aliphatic heterocycles. The van der Waals surface area contributed by atoms with Crippen LogP contribution in [-0.2, 0) is 14.8 Å². The highest BCUT2D eigenvalue weighted by atomic mass is 32.2. The molecule has 0 aliphatic carbocycles. The van der Waals surface area contributed by atoms with Crippen LogP contribution in [0.2, 0.25) is 0 Å². The van der Waals surface area contributed by atoms with E-state index in [1.807, 2.05) is 0 Å². The van der Waals surface area contributed by atoms with Gasteiger partial charge in [-0.05, 0) is 32.9 Å². The van der Waals surface area contributed by atoms with Crippen molar-refractivity contribution in [3.05, 3.63) is 40.9 Å². The molecule has 8 heteroatoms. The molecule has 0 bridgehead atoms. The molecule has 0 saturated heterocycles. The fraction of sp³-hybridized carbons (Fsp3) is 0.286. The molecule has 1 aromatic carbocycles. The molecular weight excluding hydrogens is 324 g/mol. The van der Waals surface area contributed by atoms with Crippen molar-refractivity contribution in [3.8, 4) is 0 Å². The molecule has 6 nitrogen and oxygen atoms in total. The zero-order valence-corrected chi connectivity index (χ0v) is 14.0. The van der Waals surface area contributed by atoms with Crippen LogP contribution in [-0.4, -0.2) is 25.5 Å². The molecule has 1 N–H and O–H groups in total. The minimum Gasteiger partial charge on any atom is -0.459 e. The summed E-state index contributed by atoms with van der Waals surface area (Å²) in [6.07, 6.45) is -0.251. The summed E-state index contributed by atoms with van der Waals surface area (Å²) in [6.45, 7) is 5.12. The summed E-state index contributed by atoms with van der Waals surface area (Å²) in [5.74, 6) is -0.504. The molecule has 118 valence electrons. The number of carbonyl (C=O) groups excluding carboxylic acids is 1. The van der Waals surface area contributed by atoms with Crippen LogP contribution in [0.15, 0.2) is 35.2 Å². The van der Waals surface area contributed by atoms with Crippen LogP contribution in [0.5, 0.6) is 0 Å². The van der Waals surface area contributed by atoms with E-state index in [-0.39, 0.29) is 16.1 Å². The number of nitrogens with one attached hydrogen (secondary N) is 1. The number of aromatic nitrogens is 1. The first kappa shape index (κ1) is 16.4. The van der Waals surface area contributed by atoms with Crippen molar-refractivity contribution >= 4 is 32.5 Å². The number of nitrogens with zero attached hydrogens (tertiary/aromatic N) is 1. The Hall–Kier alpha value is -1.93. The lowest BCUT2D eigenvalue weighted by molar-refractivity contribution is 0.0382. The predicted octanol–water partition coefficient (Wildman–Crippen LogP) is 2.82. The van der Waals surface area contributed by atoms with Crippen molar-refractivity contribution in [1.29, 1.82) is 0 Å². The monoisotopic (exact) mass is 340 g/mol. The van der Waals surface area contributed by atoms with Gasteiger partial charge in [-0.2, -0.15) is 0 Å². The van der Waals surface area contributed by atoms with Crippen LogP contribution in [0.4, 0.5) is 5.13 Å². The maximum Gasteiger partial charge on any atom is 0.350 e. The second-order valence-electron chi connectivity index (χ2n) is 4.81. The number of rotatable bonds is 5. The summed E-state index contributed by atoms with van der Waals surface area (Å²) in [6, 6.07) is 7.96. The van der Waals surface area contributed by atoms with Crippen LogP contribution in [0.3, 0.4) is 0 Å². The average Bonchev–Trinajstić information content (AvgIpc) is 2.79. The zero-order valence-electron chi connectivity index (χ0n) is 12.4. The highest BCUT2D eigenvalue weighted by Gasteiger charge is 2.21. The first-order valence-electron chi connectivity index (χ1n) is 6.56. The summed E-state index contributed by atoms with van der Waals surface area (Å²) >= 11 is 0.955. The molecule has 0 fully saturated rings. The SMILES string of the molecule is Cc1nc(NS(=O)(=O)c2ccccc2)sc1C(=O)OC(C)C. The molecule has 0 amide bonds. The number of hydrogen-bond acceptors (Lipinski definition) is 6. The molecule has 0 spiro atoms. The number of aryl methyl sites for hydroxylation is 1. The summed E-state index contributed by atoms with van der Waals surface area (Å²) in [5.41, 5.74) is 0.432. The maximum absolute atomic E-state index is 12.2. The molecule has 22 heavy (non-hydrogen) atoms. The van der Waals surface area contributed by atoms with E-state index in [1.165, 1.54) is 12.1 Å². The van der Waals surface area contributed by atoms with Gasteiger partial charge in [0.25, 0.3) is 10.0 Å². The second kappa shape index (κ2) is 6.45. The normalized spacial score (nSPS) is 11.5. The van der Waals surface area contributed by atoms with Gasteiger partial charge in [0.05, 0.1) is 16.7 Å². The number of carbonyl (C=O) groups is 1. The summed E-state index contributed by atoms with van der Waals surface area (Å²) in [4.78, 5) is 16.4. The highest BCUT2D eigenvalue weighted by Crippen LogP contribution is 2.26. The lowest BCUT2D eigenvalue weighted by Gasteiger charge is -2.06. The van der Waals surface area contributed by atoms with E-state index in [0.29, 0.717) is 10.6 Å². The van der Waals surface area contributed by atoms with E-state index in [4.69, 9.17) is 4.74 Å². The smallest absolute Gasteiger partial charge is 0.350 e. The van der Waals surface area contributed by atoms with Crippen LogP contribution >= 0.6 is 11.3 Å². The summed E-state index contributed by atoms with van der Waals surface area (Å²) < 4.78 is 31.9. The minimum atomic E-state index is -3.72. The summed E-state index contributed by atoms with van der Waals surface area (Å²) in [7, 11) is -3.72. The number of thiazole rings is 1. The van der Waals surface area contributed by atoms with E-state index in [1.54, 1.807) is 39.0 Å². The van der Waals surface area contributed by atoms with Crippen molar-refractivity contribution in [2.75, 3.05) is 4.72 Å². The highest BCUT2D eigenvalue weighted by molar-refractivity contribution is 7.93. The molecule has 2 rings (SSSR count). The Morgan fingerprint density at radius 1 is 1.27 bits per heavy atom. The number of ether oxygens (including phenoxy) is 1. The summed E-state index contributed by atoms with van der Waals surface area (Å²) in [5, 5.41) is 0.136. The lowest BCUT2D eigenvalue weighted by atomic mass is 10.4. The fourth-order valence-electron chi connectivity index (χ4n) is 1.67. The van der Waals surface area contributed by atoms with Gasteiger partial charge < -0.3 is 4.74 Å². The lowest BCUT2D eigenvalue weighted by Crippen LogP contribution is -2.12. The van der Waals surface area contributed by atoms with E-state index in [0.717, 1.165) is 11.3 Å². The van der Waals surface area contributed by atoms with Gasteiger partial charge in [0.1, 0.15) is 4.88 Å². The van der Waals surface area contributed by atoms with Gasteiger partial charge in [-0.1, -0.05) is 29.5 Å². The molecule has 0 aliphatic rings. The Bertz CT molecular complexity index is 767. The van der Waals surface area contributed by atoms with Crippen molar-refractivity contribution in [2.45, 2.75) is 31.8 Å². The van der Waals surface area contributed by atoms with Gasteiger partial charge in [-0.15, -0.1) is 0 Å². The Balaban J connectivity index is 2.23. The first-order valence-corrected chi connectivity index (χ1v) is 8.86. The first-order chi connectivity index (χ1) is 10.3. The Kier molecular flexibility index (Phi) is 4.82. The van der Waals surface area contributed by atoms with Crippen molar-refractivity contribution in [1.82, 2.24) is 4.98 Å². The van der Waals surface area contributed by atoms with E-state index >= 15 is 0 Å². The van der Waals surface area contributed by atoms with Crippen molar-refractivity contribution in [2.24, 2.45) is 0 Å². The van der Waals surface area contributed by atoms with Crippen LogP contribution in [0.1, 0.15) is 29.2 Å². The third-order valence-electron chi connectivity index (χ3n) is 2.60. The Morgan fingerprint density at radius 2 is 1.91 bits per heavy atom. The van der Waals surface area contributed by atoms with Crippen molar-refractivity contribution < 1.29 is 17.9 Å². The Morgan fingerprint density at radius 3 is 2.50 bits per heavy atom. The number of anilines is 1. The Labute approximate surface area is 133 Å². The van der Waals surface area contributed by atoms with E-state index < -0.39 is 16.0 Å². The molecule has 0 unspecified atom stereocenters. The van der Waals surface area contributed by atoms with E-state index in [9.17, 15) is 13.2 Å². The number of sulfonamides is 1. The molecular formula is C14H16N2O4S2. The molecule has 0 saturated carbocycles. The van der Waals surface area contributed by atoms with Gasteiger partial charge in [-0.3, -0.25) is 4.72 Å². The number of benzene rings is 1. The molecule has 2 aromatic rings. The van der Waals surface area contributed by atoms with Gasteiger partial charge >= 0.3 is 5.97 Å². The predicted molar refractivity (Wildman–Crippen MR) is 84.7 cm³/mol. The molecule has 0 radical (unpaired) electrons. The fourth-order valence-corrected chi connectivity index (χ4v) is 3.78. The second-order valence-corrected chi connectivity index (χ2v) is 7.49. The third-order valence-corrected chi connectivity index (χ3v) is 5.14. The average molecular weight is 340 g/mol. The van der Waals surface area contributed by atoms with E-state index in [2.05, 4.69) is 9.71 Å². The molecule has 1 heterocycles. The number of hydrogen-bond donors (Lipinski definition) is 1. The number of esters is 1. The maximum atomic E-state index is 12.2. The third kappa shape index (κ3) is 3.83. The largest absolute Gasteiger partial charge is 0.459 e. The van der Waals surface area contributed by atoms with Crippen LogP contribution < -0.4 is 4.72 Å². The minimum absolute atomic E-state index is 0.133.